The van der Waals surface area contributed by atoms with E-state index in [1.807, 2.05) is 38.1 Å². The Balaban J connectivity index is 1.72. The maximum absolute atomic E-state index is 12.4. The van der Waals surface area contributed by atoms with E-state index in [1.54, 1.807) is 30.3 Å². The molecule has 0 heterocycles. The molecule has 2 aromatic carbocycles. The Labute approximate surface area is 167 Å². The lowest BCUT2D eigenvalue weighted by molar-refractivity contribution is -0.122. The van der Waals surface area contributed by atoms with E-state index < -0.39 is 10.0 Å². The lowest BCUT2D eigenvalue weighted by atomic mass is 10.2. The van der Waals surface area contributed by atoms with E-state index in [4.69, 9.17) is 4.74 Å². The van der Waals surface area contributed by atoms with Gasteiger partial charge >= 0.3 is 0 Å². The first-order chi connectivity index (χ1) is 13.3. The van der Waals surface area contributed by atoms with Crippen molar-refractivity contribution in [1.82, 2.24) is 9.62 Å². The lowest BCUT2D eigenvalue weighted by Gasteiger charge is -2.18. The Morgan fingerprint density at radius 1 is 1.11 bits per heavy atom. The number of hydrogen-bond donors (Lipinski definition) is 1. The molecule has 0 aliphatic carbocycles. The summed E-state index contributed by atoms with van der Waals surface area (Å²) in [6.07, 6.45) is 0.698. The van der Waals surface area contributed by atoms with Crippen molar-refractivity contribution < 1.29 is 17.9 Å². The second-order valence-corrected chi connectivity index (χ2v) is 8.83. The van der Waals surface area contributed by atoms with Gasteiger partial charge in [0.15, 0.2) is 0 Å². The molecule has 1 N–H and O–H groups in total. The van der Waals surface area contributed by atoms with Crippen molar-refractivity contribution in [3.05, 3.63) is 60.2 Å². The zero-order valence-electron chi connectivity index (χ0n) is 16.6. The molecule has 0 aliphatic heterocycles. The maximum Gasteiger partial charge on any atom is 0.242 e. The normalized spacial score (nSPS) is 12.6. The van der Waals surface area contributed by atoms with Crippen LogP contribution in [0.5, 0.6) is 5.75 Å². The highest BCUT2D eigenvalue weighted by Crippen LogP contribution is 2.16. The van der Waals surface area contributed by atoms with Crippen molar-refractivity contribution in [3.63, 3.8) is 0 Å². The summed E-state index contributed by atoms with van der Waals surface area (Å²) in [5.41, 5.74) is 1.05. The highest BCUT2D eigenvalue weighted by Gasteiger charge is 2.20. The van der Waals surface area contributed by atoms with Crippen LogP contribution in [-0.4, -0.2) is 44.9 Å². The fourth-order valence-corrected chi connectivity index (χ4v) is 3.91. The monoisotopic (exact) mass is 404 g/mol. The molecule has 2 rings (SSSR count). The largest absolute Gasteiger partial charge is 0.491 e. The predicted molar refractivity (Wildman–Crippen MR) is 110 cm³/mol. The van der Waals surface area contributed by atoms with Gasteiger partial charge < -0.3 is 10.1 Å². The summed E-state index contributed by atoms with van der Waals surface area (Å²) >= 11 is 0. The zero-order valence-corrected chi connectivity index (χ0v) is 17.4. The number of carbonyl (C=O) groups excluding carboxylic acids is 1. The number of carbonyl (C=O) groups is 1. The number of hydrogen-bond acceptors (Lipinski definition) is 4. The minimum atomic E-state index is -3.52. The highest BCUT2D eigenvalue weighted by molar-refractivity contribution is 7.89. The summed E-state index contributed by atoms with van der Waals surface area (Å²) in [5.74, 6) is 0.683. The maximum atomic E-state index is 12.4. The second kappa shape index (κ2) is 10.2. The first-order valence-corrected chi connectivity index (χ1v) is 10.7. The van der Waals surface area contributed by atoms with Crippen LogP contribution < -0.4 is 10.1 Å². The molecule has 0 saturated heterocycles. The van der Waals surface area contributed by atoms with Gasteiger partial charge in [-0.1, -0.05) is 36.4 Å². The molecule has 0 aromatic heterocycles. The molecule has 0 bridgehead atoms. The smallest absolute Gasteiger partial charge is 0.242 e. The third kappa shape index (κ3) is 6.35. The summed E-state index contributed by atoms with van der Waals surface area (Å²) in [7, 11) is -2.00. The zero-order chi connectivity index (χ0) is 20.6. The van der Waals surface area contributed by atoms with Crippen LogP contribution in [0.4, 0.5) is 0 Å². The summed E-state index contributed by atoms with van der Waals surface area (Å²) in [5, 5.41) is 2.88. The van der Waals surface area contributed by atoms with Crippen LogP contribution in [0.25, 0.3) is 0 Å². The molecule has 0 radical (unpaired) electrons. The van der Waals surface area contributed by atoms with Crippen molar-refractivity contribution in [2.24, 2.45) is 0 Å². The van der Waals surface area contributed by atoms with Crippen LogP contribution >= 0.6 is 0 Å². The summed E-state index contributed by atoms with van der Waals surface area (Å²) < 4.78 is 31.9. The van der Waals surface area contributed by atoms with E-state index in [2.05, 4.69) is 5.32 Å². The topological polar surface area (TPSA) is 75.7 Å². The first-order valence-electron chi connectivity index (χ1n) is 9.30. The molecule has 7 heteroatoms. The Kier molecular flexibility index (Phi) is 8.02. The Morgan fingerprint density at radius 2 is 1.75 bits per heavy atom. The molecule has 0 spiro atoms. The summed E-state index contributed by atoms with van der Waals surface area (Å²) in [6, 6.07) is 15.9. The number of rotatable bonds is 10. The Bertz CT molecular complexity index is 869. The van der Waals surface area contributed by atoms with Gasteiger partial charge in [0.25, 0.3) is 0 Å². The fraction of sp³-hybridized carbons (Fsp3) is 0.381. The number of benzene rings is 2. The van der Waals surface area contributed by atoms with Crippen molar-refractivity contribution in [2.75, 3.05) is 20.2 Å². The number of amides is 1. The van der Waals surface area contributed by atoms with Crippen LogP contribution in [-0.2, 0) is 14.8 Å². The van der Waals surface area contributed by atoms with Crippen LogP contribution in [0.2, 0.25) is 0 Å². The number of nitrogens with one attached hydrogen (secondary N) is 1. The molecule has 1 amide bonds. The van der Waals surface area contributed by atoms with E-state index in [0.717, 1.165) is 11.3 Å². The molecule has 1 unspecified atom stereocenters. The highest BCUT2D eigenvalue weighted by atomic mass is 32.2. The average Bonchev–Trinajstić information content (AvgIpc) is 2.68. The minimum Gasteiger partial charge on any atom is -0.491 e. The predicted octanol–water partition coefficient (Wildman–Crippen LogP) is 2.98. The molecule has 6 nitrogen and oxygen atoms in total. The summed E-state index contributed by atoms with van der Waals surface area (Å²) in [4.78, 5) is 12.4. The number of sulfonamides is 1. The van der Waals surface area contributed by atoms with Crippen molar-refractivity contribution >= 4 is 15.9 Å². The Hall–Kier alpha value is -2.38. The number of ether oxygens (including phenoxy) is 1. The van der Waals surface area contributed by atoms with Crippen molar-refractivity contribution in [2.45, 2.75) is 37.6 Å². The van der Waals surface area contributed by atoms with Crippen LogP contribution in [0.3, 0.4) is 0 Å². The molecule has 1 atom stereocenters. The summed E-state index contributed by atoms with van der Waals surface area (Å²) in [6.45, 7) is 4.50. The molecule has 2 aromatic rings. The molecule has 152 valence electrons. The Morgan fingerprint density at radius 3 is 2.43 bits per heavy atom. The third-order valence-electron chi connectivity index (χ3n) is 4.32. The molecular formula is C21H28N2O4S. The standard InChI is InChI=1S/C21H28N2O4S/c1-17-10-7-8-13-20(17)27-16-18(2)22-21(24)14-9-15-23(3)28(25,26)19-11-5-4-6-12-19/h4-8,10-13,18H,9,14-16H2,1-3H3,(H,22,24). The van der Waals surface area contributed by atoms with Gasteiger partial charge in [-0.25, -0.2) is 12.7 Å². The van der Waals surface area contributed by atoms with E-state index >= 15 is 0 Å². The van der Waals surface area contributed by atoms with Gasteiger partial charge in [-0.2, -0.15) is 0 Å². The SMILES string of the molecule is Cc1ccccc1OCC(C)NC(=O)CCCN(C)S(=O)(=O)c1ccccc1. The van der Waals surface area contributed by atoms with Gasteiger partial charge in [0, 0.05) is 20.0 Å². The van der Waals surface area contributed by atoms with E-state index in [9.17, 15) is 13.2 Å². The second-order valence-electron chi connectivity index (χ2n) is 6.79. The van der Waals surface area contributed by atoms with Crippen LogP contribution in [0.15, 0.2) is 59.5 Å². The van der Waals surface area contributed by atoms with Gasteiger partial charge in [0.1, 0.15) is 12.4 Å². The number of nitrogens with zero attached hydrogens (tertiary/aromatic N) is 1. The van der Waals surface area contributed by atoms with Gasteiger partial charge in [0.2, 0.25) is 15.9 Å². The minimum absolute atomic E-state index is 0.119. The van der Waals surface area contributed by atoms with E-state index in [1.165, 1.54) is 11.4 Å². The number of aryl methyl sites for hydroxylation is 1. The lowest BCUT2D eigenvalue weighted by Crippen LogP contribution is -2.37. The average molecular weight is 405 g/mol. The van der Waals surface area contributed by atoms with Gasteiger partial charge in [-0.15, -0.1) is 0 Å². The van der Waals surface area contributed by atoms with Crippen LogP contribution in [0, 0.1) is 6.92 Å². The van der Waals surface area contributed by atoms with E-state index in [-0.39, 0.29) is 29.8 Å². The fourth-order valence-electron chi connectivity index (χ4n) is 2.68. The van der Waals surface area contributed by atoms with Gasteiger partial charge in [0.05, 0.1) is 10.9 Å². The van der Waals surface area contributed by atoms with Crippen LogP contribution in [0.1, 0.15) is 25.3 Å². The molecule has 0 fully saturated rings. The van der Waals surface area contributed by atoms with E-state index in [0.29, 0.717) is 13.0 Å². The molecule has 28 heavy (non-hydrogen) atoms. The third-order valence-corrected chi connectivity index (χ3v) is 6.19. The van der Waals surface area contributed by atoms with Gasteiger partial charge in [-0.3, -0.25) is 4.79 Å². The van der Waals surface area contributed by atoms with Crippen molar-refractivity contribution in [3.8, 4) is 5.75 Å². The van der Waals surface area contributed by atoms with Gasteiger partial charge in [-0.05, 0) is 44.0 Å². The first kappa shape index (κ1) is 21.9. The molecule has 0 aliphatic rings. The van der Waals surface area contributed by atoms with Crippen molar-refractivity contribution in [1.29, 1.82) is 0 Å². The molecular weight excluding hydrogens is 376 g/mol. The number of para-hydroxylation sites is 1. The quantitative estimate of drug-likeness (QED) is 0.661. The molecule has 0 saturated carbocycles.